The monoisotopic (exact) mass is 275 g/mol. The van der Waals surface area contributed by atoms with Gasteiger partial charge in [-0.3, -0.25) is 4.79 Å². The van der Waals surface area contributed by atoms with Crippen molar-refractivity contribution in [3.05, 3.63) is 35.4 Å². The molecular weight excluding hydrogens is 250 g/mol. The molecule has 0 heterocycles. The van der Waals surface area contributed by atoms with E-state index >= 15 is 0 Å². The molecule has 0 amide bonds. The van der Waals surface area contributed by atoms with Crippen LogP contribution in [0.5, 0.6) is 0 Å². The van der Waals surface area contributed by atoms with Crippen LogP contribution in [0.1, 0.15) is 56.6 Å². The molecule has 0 unspecified atom stereocenters. The van der Waals surface area contributed by atoms with Crippen LogP contribution >= 0.6 is 0 Å². The third-order valence-electron chi connectivity index (χ3n) is 4.60. The third kappa shape index (κ3) is 3.40. The molecule has 1 aromatic rings. The second-order valence-corrected chi connectivity index (χ2v) is 5.92. The quantitative estimate of drug-likeness (QED) is 0.763. The minimum Gasteiger partial charge on any atom is -0.481 e. The highest BCUT2D eigenvalue weighted by Gasteiger charge is 2.34. The van der Waals surface area contributed by atoms with E-state index < -0.39 is 11.4 Å². The van der Waals surface area contributed by atoms with Gasteiger partial charge in [0, 0.05) is 13.1 Å². The summed E-state index contributed by atoms with van der Waals surface area (Å²) in [7, 11) is 0. The van der Waals surface area contributed by atoms with E-state index in [2.05, 4.69) is 29.6 Å². The highest BCUT2D eigenvalue weighted by Crippen LogP contribution is 2.40. The predicted octanol–water partition coefficient (Wildman–Crippen LogP) is 3.54. The van der Waals surface area contributed by atoms with Crippen LogP contribution < -0.4 is 5.32 Å². The zero-order valence-electron chi connectivity index (χ0n) is 12.5. The van der Waals surface area contributed by atoms with Gasteiger partial charge in [0.15, 0.2) is 0 Å². The molecular formula is C17H25NO2. The van der Waals surface area contributed by atoms with Crippen LogP contribution in [0.2, 0.25) is 0 Å². The van der Waals surface area contributed by atoms with Gasteiger partial charge in [0.2, 0.25) is 0 Å². The Balaban J connectivity index is 1.91. The molecule has 0 radical (unpaired) electrons. The van der Waals surface area contributed by atoms with Gasteiger partial charge in [-0.1, -0.05) is 38.1 Å². The van der Waals surface area contributed by atoms with Crippen molar-refractivity contribution in [2.75, 3.05) is 6.54 Å². The molecule has 1 fully saturated rings. The minimum atomic E-state index is -0.693. The largest absolute Gasteiger partial charge is 0.481 e. The molecule has 0 spiro atoms. The maximum absolute atomic E-state index is 11.4. The molecule has 2 N–H and O–H groups in total. The van der Waals surface area contributed by atoms with Crippen molar-refractivity contribution in [1.29, 1.82) is 0 Å². The zero-order valence-corrected chi connectivity index (χ0v) is 12.5. The number of hydrogen-bond acceptors (Lipinski definition) is 2. The van der Waals surface area contributed by atoms with E-state index in [1.54, 1.807) is 0 Å². The lowest BCUT2D eigenvalue weighted by atomic mass is 9.82. The lowest BCUT2D eigenvalue weighted by Crippen LogP contribution is -2.40. The number of hydrogen-bond donors (Lipinski definition) is 2. The van der Waals surface area contributed by atoms with E-state index in [4.69, 9.17) is 0 Å². The molecule has 1 aliphatic carbocycles. The fourth-order valence-corrected chi connectivity index (χ4v) is 2.70. The fourth-order valence-electron chi connectivity index (χ4n) is 2.70. The zero-order chi connectivity index (χ0) is 14.6. The van der Waals surface area contributed by atoms with Gasteiger partial charge in [-0.05, 0) is 42.7 Å². The number of nitrogens with one attached hydrogen (secondary N) is 1. The molecule has 20 heavy (non-hydrogen) atoms. The van der Waals surface area contributed by atoms with Crippen LogP contribution in [0, 0.1) is 5.41 Å². The van der Waals surface area contributed by atoms with Gasteiger partial charge >= 0.3 is 5.97 Å². The van der Waals surface area contributed by atoms with Gasteiger partial charge in [0.25, 0.3) is 0 Å². The molecule has 0 saturated heterocycles. The summed E-state index contributed by atoms with van der Waals surface area (Å²) < 4.78 is 0. The Bertz CT molecular complexity index is 462. The van der Waals surface area contributed by atoms with Crippen molar-refractivity contribution in [3.63, 3.8) is 0 Å². The van der Waals surface area contributed by atoms with Crippen LogP contribution in [0.15, 0.2) is 24.3 Å². The number of carboxylic acid groups (broad SMARTS) is 1. The van der Waals surface area contributed by atoms with Crippen LogP contribution in [0.25, 0.3) is 0 Å². The number of carbonyl (C=O) groups is 1. The van der Waals surface area contributed by atoms with Gasteiger partial charge in [-0.15, -0.1) is 0 Å². The second kappa shape index (κ2) is 6.40. The maximum atomic E-state index is 11.4. The fraction of sp³-hybridized carbons (Fsp3) is 0.588. The average molecular weight is 275 g/mol. The Kier molecular flexibility index (Phi) is 4.81. The lowest BCUT2D eigenvalue weighted by molar-refractivity contribution is -0.149. The first-order chi connectivity index (χ1) is 9.61. The van der Waals surface area contributed by atoms with Gasteiger partial charge in [0.05, 0.1) is 5.41 Å². The van der Waals surface area contributed by atoms with E-state index in [1.807, 2.05) is 13.8 Å². The Morgan fingerprint density at radius 3 is 2.60 bits per heavy atom. The van der Waals surface area contributed by atoms with Gasteiger partial charge in [-0.25, -0.2) is 0 Å². The average Bonchev–Trinajstić information content (AvgIpc) is 3.28. The summed E-state index contributed by atoms with van der Waals surface area (Å²) in [5.74, 6) is 0.0704. The van der Waals surface area contributed by atoms with Crippen molar-refractivity contribution >= 4 is 5.97 Å². The van der Waals surface area contributed by atoms with E-state index in [0.29, 0.717) is 19.4 Å². The Hall–Kier alpha value is -1.35. The summed E-state index contributed by atoms with van der Waals surface area (Å²) in [6.07, 6.45) is 3.94. The lowest BCUT2D eigenvalue weighted by Gasteiger charge is -2.27. The summed E-state index contributed by atoms with van der Waals surface area (Å²) in [5, 5.41) is 12.7. The molecule has 2 rings (SSSR count). The Labute approximate surface area is 121 Å². The van der Waals surface area contributed by atoms with Crippen LogP contribution in [-0.2, 0) is 11.3 Å². The smallest absolute Gasteiger partial charge is 0.310 e. The molecule has 3 nitrogen and oxygen atoms in total. The van der Waals surface area contributed by atoms with Gasteiger partial charge in [0.1, 0.15) is 0 Å². The summed E-state index contributed by atoms with van der Waals surface area (Å²) in [6.45, 7) is 5.18. The van der Waals surface area contributed by atoms with Gasteiger partial charge in [-0.2, -0.15) is 0 Å². The summed E-state index contributed by atoms with van der Waals surface area (Å²) in [4.78, 5) is 11.4. The van der Waals surface area contributed by atoms with E-state index in [0.717, 1.165) is 12.5 Å². The van der Waals surface area contributed by atoms with Crippen LogP contribution in [-0.4, -0.2) is 17.6 Å². The molecule has 0 atom stereocenters. The molecule has 110 valence electrons. The van der Waals surface area contributed by atoms with Crippen molar-refractivity contribution in [3.8, 4) is 0 Å². The van der Waals surface area contributed by atoms with E-state index in [1.165, 1.54) is 24.0 Å². The van der Waals surface area contributed by atoms with Crippen molar-refractivity contribution in [2.24, 2.45) is 5.41 Å². The molecule has 0 aliphatic heterocycles. The first-order valence-corrected chi connectivity index (χ1v) is 7.64. The van der Waals surface area contributed by atoms with Crippen molar-refractivity contribution < 1.29 is 9.90 Å². The molecule has 1 aliphatic rings. The SMILES string of the molecule is CCC(CC)(CNCc1cccc(C2CC2)c1)C(=O)O. The minimum absolute atomic E-state index is 0.531. The van der Waals surface area contributed by atoms with Gasteiger partial charge < -0.3 is 10.4 Å². The number of rotatable bonds is 8. The topological polar surface area (TPSA) is 49.3 Å². The van der Waals surface area contributed by atoms with Crippen LogP contribution in [0.4, 0.5) is 0 Å². The van der Waals surface area contributed by atoms with E-state index in [-0.39, 0.29) is 0 Å². The summed E-state index contributed by atoms with van der Waals surface area (Å²) in [5.41, 5.74) is 2.05. The first kappa shape index (κ1) is 15.0. The van der Waals surface area contributed by atoms with Crippen molar-refractivity contribution in [2.45, 2.75) is 52.0 Å². The molecule has 3 heteroatoms. The highest BCUT2D eigenvalue weighted by atomic mass is 16.4. The predicted molar refractivity (Wildman–Crippen MR) is 80.8 cm³/mol. The van der Waals surface area contributed by atoms with E-state index in [9.17, 15) is 9.90 Å². The Morgan fingerprint density at radius 2 is 2.05 bits per heavy atom. The molecule has 0 aromatic heterocycles. The number of benzene rings is 1. The summed E-state index contributed by atoms with van der Waals surface area (Å²) >= 11 is 0. The standard InChI is InChI=1S/C17H25NO2/c1-3-17(4-2,16(19)20)12-18-11-13-6-5-7-15(10-13)14-8-9-14/h5-7,10,14,18H,3-4,8-9,11-12H2,1-2H3,(H,19,20). The molecule has 1 saturated carbocycles. The summed E-state index contributed by atoms with van der Waals surface area (Å²) in [6, 6.07) is 8.67. The first-order valence-electron chi connectivity index (χ1n) is 7.64. The third-order valence-corrected chi connectivity index (χ3v) is 4.60. The Morgan fingerprint density at radius 1 is 1.35 bits per heavy atom. The second-order valence-electron chi connectivity index (χ2n) is 5.92. The number of carboxylic acids is 1. The highest BCUT2D eigenvalue weighted by molar-refractivity contribution is 5.74. The number of aliphatic carboxylic acids is 1. The normalized spacial score (nSPS) is 15.3. The molecule has 0 bridgehead atoms. The van der Waals surface area contributed by atoms with Crippen LogP contribution in [0.3, 0.4) is 0 Å². The van der Waals surface area contributed by atoms with Crippen molar-refractivity contribution in [1.82, 2.24) is 5.32 Å². The molecule has 1 aromatic carbocycles. The maximum Gasteiger partial charge on any atom is 0.310 e.